The summed E-state index contributed by atoms with van der Waals surface area (Å²) in [5.41, 5.74) is 1.54. The number of rotatable bonds is 5. The van der Waals surface area contributed by atoms with E-state index in [1.165, 1.54) is 0 Å². The van der Waals surface area contributed by atoms with E-state index in [9.17, 15) is 9.90 Å². The van der Waals surface area contributed by atoms with Gasteiger partial charge >= 0.3 is 0 Å². The smallest absolute Gasteiger partial charge is 0.230 e. The van der Waals surface area contributed by atoms with Crippen LogP contribution in [0.4, 0.5) is 5.82 Å². The molecule has 2 aromatic carbocycles. The number of carbonyl (C=O) groups is 1. The molecule has 0 saturated carbocycles. The lowest BCUT2D eigenvalue weighted by Crippen LogP contribution is -2.15. The minimum Gasteiger partial charge on any atom is -0.508 e. The zero-order valence-electron chi connectivity index (χ0n) is 15.2. The summed E-state index contributed by atoms with van der Waals surface area (Å²) < 4.78 is 7.65. The van der Waals surface area contributed by atoms with Gasteiger partial charge in [-0.05, 0) is 42.0 Å². The number of pyridine rings is 1. The van der Waals surface area contributed by atoms with Crippen molar-refractivity contribution in [3.8, 4) is 17.2 Å². The average Bonchev–Trinajstić information content (AvgIpc) is 2.99. The minimum atomic E-state index is -0.234. The Labute approximate surface area is 161 Å². The van der Waals surface area contributed by atoms with Crippen molar-refractivity contribution in [2.45, 2.75) is 6.42 Å². The van der Waals surface area contributed by atoms with Crippen molar-refractivity contribution in [3.63, 3.8) is 0 Å². The zero-order valence-corrected chi connectivity index (χ0v) is 15.2. The summed E-state index contributed by atoms with van der Waals surface area (Å²) in [5.74, 6) is 1.48. The summed E-state index contributed by atoms with van der Waals surface area (Å²) in [7, 11) is 1.81. The summed E-state index contributed by atoms with van der Waals surface area (Å²) >= 11 is 0. The van der Waals surface area contributed by atoms with Gasteiger partial charge in [-0.25, -0.2) is 0 Å². The largest absolute Gasteiger partial charge is 0.508 e. The predicted octanol–water partition coefficient (Wildman–Crippen LogP) is 3.65. The Morgan fingerprint density at radius 2 is 2.04 bits per heavy atom. The summed E-state index contributed by atoms with van der Waals surface area (Å²) in [6, 6.07) is 15.8. The van der Waals surface area contributed by atoms with E-state index in [0.717, 1.165) is 5.52 Å². The fraction of sp³-hybridized carbons (Fsp3) is 0.0952. The lowest BCUT2D eigenvalue weighted by Gasteiger charge is -2.08. The molecule has 0 aliphatic rings. The number of phenolic OH excluding ortho intramolecular Hbond substituents is 1. The predicted molar refractivity (Wildman–Crippen MR) is 105 cm³/mol. The third kappa shape index (κ3) is 3.64. The quantitative estimate of drug-likeness (QED) is 0.557. The maximum absolute atomic E-state index is 12.5. The Hall–Kier alpha value is -3.87. The Morgan fingerprint density at radius 1 is 1.18 bits per heavy atom. The molecule has 4 aromatic rings. The first kappa shape index (κ1) is 17.5. The molecule has 1 amide bonds. The molecular formula is C21H18N4O3. The van der Waals surface area contributed by atoms with Crippen LogP contribution in [0.5, 0.6) is 17.2 Å². The van der Waals surface area contributed by atoms with Gasteiger partial charge < -0.3 is 15.2 Å². The third-order valence-corrected chi connectivity index (χ3v) is 4.23. The van der Waals surface area contributed by atoms with Gasteiger partial charge in [-0.15, -0.1) is 0 Å². The van der Waals surface area contributed by atoms with Crippen LogP contribution in [-0.2, 0) is 18.3 Å². The lowest BCUT2D eigenvalue weighted by atomic mass is 10.1. The van der Waals surface area contributed by atoms with Crippen LogP contribution in [0.25, 0.3) is 10.9 Å². The topological polar surface area (TPSA) is 89.3 Å². The average molecular weight is 374 g/mol. The maximum Gasteiger partial charge on any atom is 0.230 e. The van der Waals surface area contributed by atoms with Crippen molar-refractivity contribution < 1.29 is 14.6 Å². The van der Waals surface area contributed by atoms with Crippen molar-refractivity contribution in [1.82, 2.24) is 14.8 Å². The van der Waals surface area contributed by atoms with Crippen LogP contribution in [0.15, 0.2) is 67.0 Å². The van der Waals surface area contributed by atoms with Gasteiger partial charge in [0.2, 0.25) is 5.91 Å². The molecule has 140 valence electrons. The molecule has 0 aliphatic carbocycles. The minimum absolute atomic E-state index is 0.123. The fourth-order valence-electron chi connectivity index (χ4n) is 3.02. The molecular weight excluding hydrogens is 356 g/mol. The highest BCUT2D eigenvalue weighted by atomic mass is 16.5. The van der Waals surface area contributed by atoms with Crippen LogP contribution in [-0.4, -0.2) is 25.8 Å². The van der Waals surface area contributed by atoms with Crippen LogP contribution in [0, 0.1) is 0 Å². The molecule has 2 N–H and O–H groups in total. The number of nitrogens with zero attached hydrogens (tertiary/aromatic N) is 3. The lowest BCUT2D eigenvalue weighted by molar-refractivity contribution is -0.115. The van der Waals surface area contributed by atoms with E-state index in [2.05, 4.69) is 15.4 Å². The van der Waals surface area contributed by atoms with Crippen LogP contribution < -0.4 is 10.1 Å². The Kier molecular flexibility index (Phi) is 4.63. The van der Waals surface area contributed by atoms with Gasteiger partial charge in [0.25, 0.3) is 0 Å². The highest BCUT2D eigenvalue weighted by Gasteiger charge is 2.17. The van der Waals surface area contributed by atoms with E-state index < -0.39 is 0 Å². The number of carbonyl (C=O) groups excluding carboxylic acids is 1. The van der Waals surface area contributed by atoms with Crippen molar-refractivity contribution in [3.05, 3.63) is 72.6 Å². The van der Waals surface area contributed by atoms with Gasteiger partial charge in [-0.2, -0.15) is 5.10 Å². The molecule has 2 aromatic heterocycles. The van der Waals surface area contributed by atoms with E-state index in [1.54, 1.807) is 54.5 Å². The molecule has 28 heavy (non-hydrogen) atoms. The monoisotopic (exact) mass is 374 g/mol. The molecule has 0 fully saturated rings. The number of phenols is 1. The second-order valence-corrected chi connectivity index (χ2v) is 6.31. The number of aromatic nitrogens is 3. The maximum atomic E-state index is 12.5. The number of aromatic hydroxyl groups is 1. The van der Waals surface area contributed by atoms with Crippen molar-refractivity contribution in [2.75, 3.05) is 5.32 Å². The second-order valence-electron chi connectivity index (χ2n) is 6.31. The van der Waals surface area contributed by atoms with Crippen LogP contribution in [0.3, 0.4) is 0 Å². The van der Waals surface area contributed by atoms with E-state index >= 15 is 0 Å². The third-order valence-electron chi connectivity index (χ3n) is 4.23. The number of fused-ring (bicyclic) bond motifs is 1. The normalized spacial score (nSPS) is 10.8. The number of ether oxygens (including phenoxy) is 1. The molecule has 0 atom stereocenters. The number of anilines is 1. The highest BCUT2D eigenvalue weighted by Crippen LogP contribution is 2.34. The second kappa shape index (κ2) is 7.40. The Bertz CT molecular complexity index is 1140. The standard InChI is InChI=1S/C21H18N4O3/c1-25-17-8-3-9-18(28-16-7-4-10-22-13-16)20(17)21(24-25)23-19(27)12-14-5-2-6-15(26)11-14/h2-11,13,26H,12H2,1H3,(H,23,24,27). The first-order valence-corrected chi connectivity index (χ1v) is 8.71. The van der Waals surface area contributed by atoms with Crippen molar-refractivity contribution >= 4 is 22.6 Å². The molecule has 7 heteroatoms. The Balaban J connectivity index is 1.64. The number of benzene rings is 2. The van der Waals surface area contributed by atoms with Crippen LogP contribution in [0.2, 0.25) is 0 Å². The van der Waals surface area contributed by atoms with Gasteiger partial charge in [0, 0.05) is 13.2 Å². The van der Waals surface area contributed by atoms with Gasteiger partial charge in [0.15, 0.2) is 5.82 Å². The van der Waals surface area contributed by atoms with Gasteiger partial charge in [0.1, 0.15) is 17.2 Å². The summed E-state index contributed by atoms with van der Waals surface area (Å²) in [5, 5.41) is 17.6. The molecule has 0 spiro atoms. The first-order valence-electron chi connectivity index (χ1n) is 8.71. The van der Waals surface area contributed by atoms with E-state index in [1.807, 2.05) is 24.3 Å². The van der Waals surface area contributed by atoms with E-state index in [-0.39, 0.29) is 18.1 Å². The van der Waals surface area contributed by atoms with Crippen molar-refractivity contribution in [1.29, 1.82) is 0 Å². The Morgan fingerprint density at radius 3 is 2.82 bits per heavy atom. The van der Waals surface area contributed by atoms with Gasteiger partial charge in [-0.1, -0.05) is 18.2 Å². The van der Waals surface area contributed by atoms with E-state index in [4.69, 9.17) is 4.74 Å². The molecule has 2 heterocycles. The number of hydrogen-bond donors (Lipinski definition) is 2. The SMILES string of the molecule is Cn1nc(NC(=O)Cc2cccc(O)c2)c2c(Oc3cccnc3)cccc21. The zero-order chi connectivity index (χ0) is 19.5. The number of aryl methyl sites for hydroxylation is 1. The molecule has 0 aliphatic heterocycles. The number of amides is 1. The fourth-order valence-corrected chi connectivity index (χ4v) is 3.02. The van der Waals surface area contributed by atoms with Crippen LogP contribution >= 0.6 is 0 Å². The summed E-state index contributed by atoms with van der Waals surface area (Å²) in [6.45, 7) is 0. The van der Waals surface area contributed by atoms with Gasteiger partial charge in [0.05, 0.1) is 23.5 Å². The number of hydrogen-bond acceptors (Lipinski definition) is 5. The van der Waals surface area contributed by atoms with Crippen molar-refractivity contribution in [2.24, 2.45) is 7.05 Å². The van der Waals surface area contributed by atoms with Crippen LogP contribution in [0.1, 0.15) is 5.56 Å². The summed E-state index contributed by atoms with van der Waals surface area (Å²) in [4.78, 5) is 16.6. The molecule has 0 bridgehead atoms. The summed E-state index contributed by atoms with van der Waals surface area (Å²) in [6.07, 6.45) is 3.41. The number of nitrogens with one attached hydrogen (secondary N) is 1. The molecule has 7 nitrogen and oxygen atoms in total. The highest BCUT2D eigenvalue weighted by molar-refractivity contribution is 6.03. The molecule has 0 unspecified atom stereocenters. The molecule has 0 radical (unpaired) electrons. The van der Waals surface area contributed by atoms with Gasteiger partial charge in [-0.3, -0.25) is 14.5 Å². The first-order chi connectivity index (χ1) is 13.6. The van der Waals surface area contributed by atoms with E-state index in [0.29, 0.717) is 28.3 Å². The molecule has 0 saturated heterocycles. The molecule has 4 rings (SSSR count).